The number of benzene rings is 3. The minimum Gasteiger partial charge on any atom is -0.493 e. The predicted molar refractivity (Wildman–Crippen MR) is 144 cm³/mol. The number of fused-ring (bicyclic) bond motifs is 1. The van der Waals surface area contributed by atoms with Crippen molar-refractivity contribution >= 4 is 10.9 Å². The van der Waals surface area contributed by atoms with E-state index in [0.29, 0.717) is 12.5 Å². The van der Waals surface area contributed by atoms with Crippen LogP contribution in [0.5, 0.6) is 11.5 Å². The van der Waals surface area contributed by atoms with E-state index >= 15 is 0 Å². The van der Waals surface area contributed by atoms with E-state index in [-0.39, 0.29) is 0 Å². The zero-order valence-electron chi connectivity index (χ0n) is 21.8. The first kappa shape index (κ1) is 26.2. The molecule has 1 aliphatic rings. The summed E-state index contributed by atoms with van der Waals surface area (Å²) in [4.78, 5) is 2.52. The second-order valence-electron chi connectivity index (χ2n) is 9.98. The molecule has 1 fully saturated rings. The number of alkyl halides is 3. The van der Waals surface area contributed by atoms with Crippen LogP contribution in [-0.4, -0.2) is 43.3 Å². The van der Waals surface area contributed by atoms with Crippen LogP contribution in [0.15, 0.2) is 72.9 Å². The molecule has 200 valence electrons. The number of methoxy groups -OCH3 is 2. The molecule has 1 aliphatic heterocycles. The molecule has 1 aromatic heterocycles. The summed E-state index contributed by atoms with van der Waals surface area (Å²) in [6, 6.07) is 19.9. The maximum atomic E-state index is 13.0. The molecule has 38 heavy (non-hydrogen) atoms. The monoisotopic (exact) mass is 522 g/mol. The van der Waals surface area contributed by atoms with E-state index in [0.717, 1.165) is 61.5 Å². The van der Waals surface area contributed by atoms with Gasteiger partial charge < -0.3 is 18.9 Å². The van der Waals surface area contributed by atoms with Crippen molar-refractivity contribution in [2.45, 2.75) is 37.9 Å². The van der Waals surface area contributed by atoms with Crippen molar-refractivity contribution in [3.8, 4) is 11.5 Å². The second-order valence-corrected chi connectivity index (χ2v) is 9.98. The van der Waals surface area contributed by atoms with Crippen LogP contribution in [0.2, 0.25) is 0 Å². The number of rotatable bonds is 8. The highest BCUT2D eigenvalue weighted by Crippen LogP contribution is 2.35. The van der Waals surface area contributed by atoms with Gasteiger partial charge in [0.05, 0.1) is 19.8 Å². The fraction of sp³-hybridized carbons (Fsp3) is 0.355. The first-order valence-electron chi connectivity index (χ1n) is 13.0. The Kier molecular flexibility index (Phi) is 7.65. The number of hydrogen-bond acceptors (Lipinski definition) is 3. The quantitative estimate of drug-likeness (QED) is 0.246. The number of nitrogens with zero attached hydrogens (tertiary/aromatic N) is 2. The predicted octanol–water partition coefficient (Wildman–Crippen LogP) is 7.15. The summed E-state index contributed by atoms with van der Waals surface area (Å²) in [7, 11) is 3.31. The maximum Gasteiger partial charge on any atom is 0.416 e. The summed E-state index contributed by atoms with van der Waals surface area (Å²) in [5.41, 5.74) is 3.94. The Morgan fingerprint density at radius 2 is 1.53 bits per heavy atom. The number of para-hydroxylation sites is 1. The molecule has 0 saturated carbocycles. The van der Waals surface area contributed by atoms with Crippen molar-refractivity contribution in [1.29, 1.82) is 0 Å². The Bertz CT molecular complexity index is 1370. The Labute approximate surface area is 221 Å². The molecule has 1 saturated heterocycles. The number of hydrogen-bond donors (Lipinski definition) is 0. The normalized spacial score (nSPS) is 15.2. The lowest BCUT2D eigenvalue weighted by atomic mass is 9.89. The molecule has 0 N–H and O–H groups in total. The average Bonchev–Trinajstić information content (AvgIpc) is 3.30. The van der Waals surface area contributed by atoms with Gasteiger partial charge in [0.15, 0.2) is 11.5 Å². The van der Waals surface area contributed by atoms with Crippen LogP contribution >= 0.6 is 0 Å². The Morgan fingerprint density at radius 1 is 0.842 bits per heavy atom. The number of halogens is 3. The van der Waals surface area contributed by atoms with Gasteiger partial charge in [-0.15, -0.1) is 0 Å². The molecule has 0 amide bonds. The van der Waals surface area contributed by atoms with E-state index in [1.54, 1.807) is 26.4 Å². The molecule has 4 nitrogen and oxygen atoms in total. The first-order valence-corrected chi connectivity index (χ1v) is 13.0. The summed E-state index contributed by atoms with van der Waals surface area (Å²) in [6.07, 6.45) is 1.02. The van der Waals surface area contributed by atoms with Gasteiger partial charge in [-0.05, 0) is 85.3 Å². The van der Waals surface area contributed by atoms with Gasteiger partial charge in [-0.3, -0.25) is 0 Å². The third kappa shape index (κ3) is 5.68. The van der Waals surface area contributed by atoms with Gasteiger partial charge in [0, 0.05) is 30.2 Å². The number of piperidine rings is 1. The van der Waals surface area contributed by atoms with Crippen LogP contribution < -0.4 is 9.47 Å². The van der Waals surface area contributed by atoms with Gasteiger partial charge in [0.25, 0.3) is 0 Å². The fourth-order valence-electron chi connectivity index (χ4n) is 5.52. The minimum atomic E-state index is -4.32. The lowest BCUT2D eigenvalue weighted by molar-refractivity contribution is -0.137. The standard InChI is InChI=1S/C31H33F3N2O2/c1-37-29-12-9-22(19-30(29)38-2)13-16-35-17-14-24(15-18-35)27-21-36(28-6-4-3-5-26(27)28)20-23-7-10-25(11-8-23)31(32,33)34/h3-12,19,21,24H,13-18,20H2,1-2H3. The molecule has 0 unspecified atom stereocenters. The Hall–Kier alpha value is -3.45. The van der Waals surface area contributed by atoms with Crippen LogP contribution in [-0.2, 0) is 19.1 Å². The molecular weight excluding hydrogens is 489 g/mol. The van der Waals surface area contributed by atoms with E-state index in [2.05, 4.69) is 46.0 Å². The Balaban J connectivity index is 1.24. The zero-order chi connectivity index (χ0) is 26.7. The fourth-order valence-corrected chi connectivity index (χ4v) is 5.52. The van der Waals surface area contributed by atoms with Crippen LogP contribution in [0.25, 0.3) is 10.9 Å². The largest absolute Gasteiger partial charge is 0.493 e. The van der Waals surface area contributed by atoms with Crippen LogP contribution in [0.3, 0.4) is 0 Å². The van der Waals surface area contributed by atoms with E-state index in [1.807, 2.05) is 12.1 Å². The summed E-state index contributed by atoms with van der Waals surface area (Å²) in [5, 5.41) is 1.24. The molecule has 0 spiro atoms. The first-order chi connectivity index (χ1) is 18.4. The Morgan fingerprint density at radius 3 is 2.21 bits per heavy atom. The summed E-state index contributed by atoms with van der Waals surface area (Å²) >= 11 is 0. The number of aromatic nitrogens is 1. The molecule has 4 aromatic rings. The van der Waals surface area contributed by atoms with Crippen LogP contribution in [0.1, 0.15) is 41.0 Å². The van der Waals surface area contributed by atoms with Gasteiger partial charge in [0.2, 0.25) is 0 Å². The van der Waals surface area contributed by atoms with E-state index < -0.39 is 11.7 Å². The minimum absolute atomic E-state index is 0.464. The van der Waals surface area contributed by atoms with Crippen molar-refractivity contribution in [3.63, 3.8) is 0 Å². The van der Waals surface area contributed by atoms with Crippen molar-refractivity contribution in [2.24, 2.45) is 0 Å². The van der Waals surface area contributed by atoms with E-state index in [9.17, 15) is 13.2 Å². The van der Waals surface area contributed by atoms with Crippen LogP contribution in [0, 0.1) is 0 Å². The third-order valence-corrected chi connectivity index (χ3v) is 7.65. The molecule has 5 rings (SSSR count). The molecular formula is C31H33F3N2O2. The van der Waals surface area contributed by atoms with Crippen molar-refractivity contribution in [1.82, 2.24) is 9.47 Å². The van der Waals surface area contributed by atoms with Crippen LogP contribution in [0.4, 0.5) is 13.2 Å². The zero-order valence-corrected chi connectivity index (χ0v) is 21.8. The summed E-state index contributed by atoms with van der Waals surface area (Å²) in [5.74, 6) is 1.97. The third-order valence-electron chi connectivity index (χ3n) is 7.65. The average molecular weight is 523 g/mol. The van der Waals surface area contributed by atoms with Gasteiger partial charge in [-0.25, -0.2) is 0 Å². The smallest absolute Gasteiger partial charge is 0.416 e. The summed E-state index contributed by atoms with van der Waals surface area (Å²) < 4.78 is 51.9. The summed E-state index contributed by atoms with van der Waals surface area (Å²) in [6.45, 7) is 3.62. The van der Waals surface area contributed by atoms with Gasteiger partial charge in [-0.2, -0.15) is 13.2 Å². The molecule has 0 atom stereocenters. The SMILES string of the molecule is COc1ccc(CCN2CCC(c3cn(Cc4ccc(C(F)(F)F)cc4)c4ccccc34)CC2)cc1OC. The molecule has 0 radical (unpaired) electrons. The molecule has 0 aliphatic carbocycles. The van der Waals surface area contributed by atoms with Gasteiger partial charge in [-0.1, -0.05) is 36.4 Å². The highest BCUT2D eigenvalue weighted by molar-refractivity contribution is 5.84. The highest BCUT2D eigenvalue weighted by Gasteiger charge is 2.30. The highest BCUT2D eigenvalue weighted by atomic mass is 19.4. The van der Waals surface area contributed by atoms with Gasteiger partial charge >= 0.3 is 6.18 Å². The maximum absolute atomic E-state index is 13.0. The van der Waals surface area contributed by atoms with E-state index in [4.69, 9.17) is 9.47 Å². The number of likely N-dealkylation sites (tertiary alicyclic amines) is 1. The van der Waals surface area contributed by atoms with E-state index in [1.165, 1.54) is 28.6 Å². The lowest BCUT2D eigenvalue weighted by Crippen LogP contribution is -2.34. The molecule has 7 heteroatoms. The molecule has 3 aromatic carbocycles. The van der Waals surface area contributed by atoms with Crippen molar-refractivity contribution in [2.75, 3.05) is 33.9 Å². The van der Waals surface area contributed by atoms with Gasteiger partial charge in [0.1, 0.15) is 0 Å². The lowest BCUT2D eigenvalue weighted by Gasteiger charge is -2.32. The second kappa shape index (κ2) is 11.1. The molecule has 0 bridgehead atoms. The number of ether oxygens (including phenoxy) is 2. The topological polar surface area (TPSA) is 26.6 Å². The molecule has 2 heterocycles. The van der Waals surface area contributed by atoms with Crippen molar-refractivity contribution < 1.29 is 22.6 Å². The van der Waals surface area contributed by atoms with Crippen molar-refractivity contribution in [3.05, 3.63) is 95.2 Å².